The number of alkyl halides is 3. The van der Waals surface area contributed by atoms with Gasteiger partial charge < -0.3 is 5.11 Å². The summed E-state index contributed by atoms with van der Waals surface area (Å²) in [5.74, 6) is 0. The summed E-state index contributed by atoms with van der Waals surface area (Å²) in [6.45, 7) is -0.177. The number of benzene rings is 2. The van der Waals surface area contributed by atoms with Gasteiger partial charge >= 0.3 is 6.18 Å². The first kappa shape index (κ1) is 15.5. The fourth-order valence-electron chi connectivity index (χ4n) is 2.09. The van der Waals surface area contributed by atoms with Crippen molar-refractivity contribution < 1.29 is 18.3 Å². The normalized spacial score (nSPS) is 14.7. The van der Waals surface area contributed by atoms with Crippen LogP contribution in [0.2, 0.25) is 0 Å². The van der Waals surface area contributed by atoms with Crippen LogP contribution in [0.15, 0.2) is 60.7 Å². The van der Waals surface area contributed by atoms with Crippen LogP contribution < -0.4 is 5.32 Å². The van der Waals surface area contributed by atoms with Crippen molar-refractivity contribution in [2.75, 3.05) is 6.54 Å². The van der Waals surface area contributed by atoms with E-state index in [0.29, 0.717) is 5.56 Å². The third-order valence-electron chi connectivity index (χ3n) is 3.16. The zero-order valence-corrected chi connectivity index (χ0v) is 11.2. The summed E-state index contributed by atoms with van der Waals surface area (Å²) < 4.78 is 39.3. The molecule has 112 valence electrons. The van der Waals surface area contributed by atoms with E-state index >= 15 is 0 Å². The van der Waals surface area contributed by atoms with E-state index in [9.17, 15) is 18.3 Å². The van der Waals surface area contributed by atoms with Crippen molar-refractivity contribution in [1.29, 1.82) is 0 Å². The fraction of sp³-hybridized carbons (Fsp3) is 0.250. The Morgan fingerprint density at radius 1 is 0.857 bits per heavy atom. The van der Waals surface area contributed by atoms with Crippen LogP contribution in [0.5, 0.6) is 0 Å². The highest BCUT2D eigenvalue weighted by Crippen LogP contribution is 2.32. The van der Waals surface area contributed by atoms with E-state index in [1.54, 1.807) is 48.5 Å². The van der Waals surface area contributed by atoms with Crippen LogP contribution in [0.1, 0.15) is 23.3 Å². The van der Waals surface area contributed by atoms with Gasteiger partial charge in [0.2, 0.25) is 0 Å². The van der Waals surface area contributed by atoms with Crippen molar-refractivity contribution in [3.05, 3.63) is 71.8 Å². The summed E-state index contributed by atoms with van der Waals surface area (Å²) in [6.07, 6.45) is -5.41. The molecule has 0 radical (unpaired) electrons. The Labute approximate surface area is 121 Å². The second-order valence-electron chi connectivity index (χ2n) is 4.72. The second-order valence-corrected chi connectivity index (χ2v) is 4.72. The van der Waals surface area contributed by atoms with Gasteiger partial charge in [-0.25, -0.2) is 0 Å². The Morgan fingerprint density at radius 2 is 1.33 bits per heavy atom. The first-order valence-electron chi connectivity index (χ1n) is 6.56. The maximum absolute atomic E-state index is 13.1. The average molecular weight is 295 g/mol. The summed E-state index contributed by atoms with van der Waals surface area (Å²) >= 11 is 0. The minimum Gasteiger partial charge on any atom is -0.387 e. The predicted octanol–water partition coefficient (Wildman–Crippen LogP) is 3.61. The third-order valence-corrected chi connectivity index (χ3v) is 3.16. The molecule has 2 nitrogen and oxygen atoms in total. The lowest BCUT2D eigenvalue weighted by Crippen LogP contribution is -2.36. The largest absolute Gasteiger partial charge is 0.407 e. The van der Waals surface area contributed by atoms with Gasteiger partial charge in [-0.3, -0.25) is 5.32 Å². The molecule has 2 aromatic rings. The molecular weight excluding hydrogens is 279 g/mol. The summed E-state index contributed by atoms with van der Waals surface area (Å²) in [6, 6.07) is 14.4. The maximum Gasteiger partial charge on any atom is 0.407 e. The van der Waals surface area contributed by atoms with E-state index in [4.69, 9.17) is 0 Å². The number of hydrogen-bond acceptors (Lipinski definition) is 2. The molecule has 0 heterocycles. The molecule has 0 aliphatic heterocycles. The maximum atomic E-state index is 13.1. The molecule has 2 N–H and O–H groups in total. The predicted molar refractivity (Wildman–Crippen MR) is 74.6 cm³/mol. The van der Waals surface area contributed by atoms with E-state index in [1.165, 1.54) is 12.1 Å². The van der Waals surface area contributed by atoms with E-state index < -0.39 is 18.3 Å². The zero-order valence-electron chi connectivity index (χ0n) is 11.2. The summed E-state index contributed by atoms with van der Waals surface area (Å²) in [4.78, 5) is 0. The molecule has 0 fully saturated rings. The molecule has 0 aliphatic rings. The Hall–Kier alpha value is -1.85. The molecule has 0 spiro atoms. The van der Waals surface area contributed by atoms with Gasteiger partial charge in [0.25, 0.3) is 0 Å². The van der Waals surface area contributed by atoms with E-state index in [1.807, 2.05) is 0 Å². The van der Waals surface area contributed by atoms with Crippen LogP contribution >= 0.6 is 0 Å². The summed E-state index contributed by atoms with van der Waals surface area (Å²) in [7, 11) is 0. The van der Waals surface area contributed by atoms with Crippen LogP contribution in [-0.4, -0.2) is 17.8 Å². The first-order valence-corrected chi connectivity index (χ1v) is 6.56. The van der Waals surface area contributed by atoms with Crippen molar-refractivity contribution in [3.8, 4) is 0 Å². The lowest BCUT2D eigenvalue weighted by Gasteiger charge is -2.23. The van der Waals surface area contributed by atoms with Crippen molar-refractivity contribution in [1.82, 2.24) is 5.32 Å². The highest BCUT2D eigenvalue weighted by molar-refractivity contribution is 5.21. The molecule has 0 aromatic heterocycles. The highest BCUT2D eigenvalue weighted by Gasteiger charge is 2.40. The first-order chi connectivity index (χ1) is 9.98. The molecule has 0 saturated carbocycles. The van der Waals surface area contributed by atoms with Crippen molar-refractivity contribution in [2.24, 2.45) is 0 Å². The van der Waals surface area contributed by atoms with Crippen molar-refractivity contribution >= 4 is 0 Å². The highest BCUT2D eigenvalue weighted by atomic mass is 19.4. The smallest absolute Gasteiger partial charge is 0.387 e. The second kappa shape index (κ2) is 6.74. The van der Waals surface area contributed by atoms with E-state index in [2.05, 4.69) is 5.32 Å². The number of aliphatic hydroxyl groups excluding tert-OH is 1. The molecule has 2 aromatic carbocycles. The molecule has 0 amide bonds. The summed E-state index contributed by atoms with van der Waals surface area (Å²) in [5.41, 5.74) is 0.712. The molecule has 0 bridgehead atoms. The summed E-state index contributed by atoms with van der Waals surface area (Å²) in [5, 5.41) is 12.4. The number of rotatable bonds is 5. The van der Waals surface area contributed by atoms with Crippen LogP contribution in [0, 0.1) is 0 Å². The number of aliphatic hydroxyl groups is 1. The van der Waals surface area contributed by atoms with Crippen molar-refractivity contribution in [2.45, 2.75) is 18.3 Å². The molecule has 2 unspecified atom stereocenters. The van der Waals surface area contributed by atoms with Gasteiger partial charge in [-0.05, 0) is 11.1 Å². The van der Waals surface area contributed by atoms with Gasteiger partial charge in [0.15, 0.2) is 0 Å². The fourth-order valence-corrected chi connectivity index (χ4v) is 2.09. The number of hydrogen-bond donors (Lipinski definition) is 2. The molecule has 2 atom stereocenters. The van der Waals surface area contributed by atoms with Gasteiger partial charge in [0.05, 0.1) is 6.10 Å². The molecule has 2 rings (SSSR count). The monoisotopic (exact) mass is 295 g/mol. The SMILES string of the molecule is OC(CNC(c1ccccc1)C(F)(F)F)c1ccccc1. The molecule has 21 heavy (non-hydrogen) atoms. The van der Waals surface area contributed by atoms with Crippen LogP contribution in [-0.2, 0) is 0 Å². The van der Waals surface area contributed by atoms with Crippen LogP contribution in [0.4, 0.5) is 13.2 Å². The Kier molecular flexibility index (Phi) is 4.98. The molecular formula is C16H16F3NO. The molecule has 5 heteroatoms. The Morgan fingerprint density at radius 3 is 1.81 bits per heavy atom. The van der Waals surface area contributed by atoms with Gasteiger partial charge in [-0.1, -0.05) is 60.7 Å². The topological polar surface area (TPSA) is 32.3 Å². The van der Waals surface area contributed by atoms with Gasteiger partial charge in [0.1, 0.15) is 6.04 Å². The Balaban J connectivity index is 2.07. The van der Waals surface area contributed by atoms with Crippen molar-refractivity contribution in [3.63, 3.8) is 0 Å². The Bertz CT molecular complexity index is 542. The van der Waals surface area contributed by atoms with Gasteiger partial charge in [0, 0.05) is 6.54 Å². The average Bonchev–Trinajstić information content (AvgIpc) is 2.48. The van der Waals surface area contributed by atoms with E-state index in [-0.39, 0.29) is 12.1 Å². The quantitative estimate of drug-likeness (QED) is 0.883. The lowest BCUT2D eigenvalue weighted by molar-refractivity contribution is -0.158. The lowest BCUT2D eigenvalue weighted by atomic mass is 10.1. The zero-order chi connectivity index (χ0) is 15.3. The van der Waals surface area contributed by atoms with Crippen LogP contribution in [0.3, 0.4) is 0 Å². The molecule has 0 aliphatic carbocycles. The van der Waals surface area contributed by atoms with E-state index in [0.717, 1.165) is 0 Å². The third kappa shape index (κ3) is 4.31. The number of nitrogens with one attached hydrogen (secondary N) is 1. The number of halogens is 3. The standard InChI is InChI=1S/C16H16F3NO/c17-16(18,19)15(13-9-5-2-6-10-13)20-11-14(21)12-7-3-1-4-8-12/h1-10,14-15,20-21H,11H2. The van der Waals surface area contributed by atoms with Gasteiger partial charge in [-0.2, -0.15) is 13.2 Å². The van der Waals surface area contributed by atoms with Crippen LogP contribution in [0.25, 0.3) is 0 Å². The van der Waals surface area contributed by atoms with Gasteiger partial charge in [-0.15, -0.1) is 0 Å². The minimum absolute atomic E-state index is 0.130. The molecule has 0 saturated heterocycles. The minimum atomic E-state index is -4.42.